The number of carbonyl (C=O) groups excluding carboxylic acids is 2. The van der Waals surface area contributed by atoms with Crippen molar-refractivity contribution in [2.24, 2.45) is 0 Å². The van der Waals surface area contributed by atoms with Gasteiger partial charge in [-0.25, -0.2) is 0 Å². The number of rotatable bonds is 4. The molecular weight excluding hydrogens is 458 g/mol. The third-order valence-electron chi connectivity index (χ3n) is 6.05. The Balaban J connectivity index is 1.70. The Morgan fingerprint density at radius 2 is 1.85 bits per heavy atom. The fraction of sp³-hybridized carbons (Fsp3) is 0.154. The topological polar surface area (TPSA) is 96.3 Å². The van der Waals surface area contributed by atoms with Crippen LogP contribution in [0.4, 0.5) is 5.69 Å². The van der Waals surface area contributed by atoms with E-state index in [0.29, 0.717) is 35.6 Å². The van der Waals surface area contributed by atoms with E-state index >= 15 is 0 Å². The van der Waals surface area contributed by atoms with Gasteiger partial charge in [-0.3, -0.25) is 14.5 Å². The number of amides is 1. The van der Waals surface area contributed by atoms with Crippen molar-refractivity contribution in [2.75, 3.05) is 18.6 Å². The molecule has 5 rings (SSSR count). The predicted molar refractivity (Wildman–Crippen MR) is 127 cm³/mol. The number of aliphatic hydroxyl groups is 1. The lowest BCUT2D eigenvalue weighted by Gasteiger charge is -2.26. The molecule has 1 unspecified atom stereocenters. The van der Waals surface area contributed by atoms with E-state index in [-0.39, 0.29) is 22.1 Å². The lowest BCUT2D eigenvalue weighted by atomic mass is 9.94. The molecule has 0 aliphatic carbocycles. The molecule has 2 N–H and O–H groups in total. The summed E-state index contributed by atoms with van der Waals surface area (Å²) in [5.41, 5.74) is 2.16. The van der Waals surface area contributed by atoms with Gasteiger partial charge in [0.2, 0.25) is 0 Å². The molecule has 0 radical (unpaired) electrons. The van der Waals surface area contributed by atoms with Gasteiger partial charge >= 0.3 is 0 Å². The summed E-state index contributed by atoms with van der Waals surface area (Å²) < 4.78 is 10.7. The van der Waals surface area contributed by atoms with Gasteiger partial charge in [0.05, 0.1) is 30.4 Å². The van der Waals surface area contributed by atoms with Gasteiger partial charge in [-0.2, -0.15) is 0 Å². The van der Waals surface area contributed by atoms with Crippen LogP contribution in [0.1, 0.15) is 22.7 Å². The maximum Gasteiger partial charge on any atom is 0.300 e. The number of methoxy groups -OCH3 is 1. The van der Waals surface area contributed by atoms with Crippen LogP contribution in [0.25, 0.3) is 5.76 Å². The van der Waals surface area contributed by atoms with E-state index in [0.717, 1.165) is 11.3 Å². The maximum atomic E-state index is 13.3. The molecule has 1 atom stereocenters. The molecule has 0 aromatic heterocycles. The van der Waals surface area contributed by atoms with Crippen LogP contribution in [-0.4, -0.2) is 35.6 Å². The molecule has 1 saturated heterocycles. The minimum atomic E-state index is -0.962. The van der Waals surface area contributed by atoms with E-state index < -0.39 is 17.7 Å². The Hall–Kier alpha value is -3.97. The summed E-state index contributed by atoms with van der Waals surface area (Å²) in [6.07, 6.45) is 0.688. The minimum Gasteiger partial charge on any atom is -0.507 e. The van der Waals surface area contributed by atoms with Gasteiger partial charge in [-0.1, -0.05) is 17.7 Å². The first-order chi connectivity index (χ1) is 16.4. The number of Topliss-reactive ketones (excluding diaryl/α,β-unsaturated/α-hetero) is 1. The molecule has 8 heteroatoms. The number of hydrogen-bond donors (Lipinski definition) is 2. The molecule has 1 fully saturated rings. The number of phenolic OH excluding ortho intramolecular Hbond substituents is 1. The zero-order chi connectivity index (χ0) is 24.0. The summed E-state index contributed by atoms with van der Waals surface area (Å²) in [5.74, 6) is -0.713. The second-order valence-electron chi connectivity index (χ2n) is 8.00. The predicted octanol–water partition coefficient (Wildman–Crippen LogP) is 4.62. The summed E-state index contributed by atoms with van der Waals surface area (Å²) in [6.45, 7) is 0.549. The van der Waals surface area contributed by atoms with Crippen LogP contribution in [0, 0.1) is 0 Å². The summed E-state index contributed by atoms with van der Waals surface area (Å²) in [4.78, 5) is 27.8. The van der Waals surface area contributed by atoms with E-state index in [9.17, 15) is 19.8 Å². The lowest BCUT2D eigenvalue weighted by molar-refractivity contribution is -0.132. The van der Waals surface area contributed by atoms with E-state index in [4.69, 9.17) is 21.1 Å². The number of benzene rings is 3. The molecule has 1 amide bonds. The second kappa shape index (κ2) is 8.43. The van der Waals surface area contributed by atoms with Crippen molar-refractivity contribution in [2.45, 2.75) is 12.5 Å². The number of anilines is 1. The van der Waals surface area contributed by atoms with Gasteiger partial charge in [-0.05, 0) is 65.7 Å². The van der Waals surface area contributed by atoms with Gasteiger partial charge in [0, 0.05) is 17.7 Å². The fourth-order valence-electron chi connectivity index (χ4n) is 4.34. The van der Waals surface area contributed by atoms with Gasteiger partial charge in [0.25, 0.3) is 11.7 Å². The number of carbonyl (C=O) groups is 2. The normalized spacial score (nSPS) is 18.6. The van der Waals surface area contributed by atoms with Crippen molar-refractivity contribution in [1.82, 2.24) is 0 Å². The largest absolute Gasteiger partial charge is 0.507 e. The first kappa shape index (κ1) is 21.9. The number of halogens is 1. The van der Waals surface area contributed by atoms with Gasteiger partial charge in [0.1, 0.15) is 23.0 Å². The quantitative estimate of drug-likeness (QED) is 0.323. The summed E-state index contributed by atoms with van der Waals surface area (Å²) in [7, 11) is 1.53. The van der Waals surface area contributed by atoms with Crippen molar-refractivity contribution >= 4 is 34.7 Å². The van der Waals surface area contributed by atoms with Crippen molar-refractivity contribution in [3.63, 3.8) is 0 Å². The molecule has 3 aromatic carbocycles. The zero-order valence-electron chi connectivity index (χ0n) is 18.1. The number of ketones is 1. The molecule has 2 heterocycles. The standard InChI is InChI=1S/C26H20ClNO6/c1-33-18-6-4-17(5-7-18)28-23(15-2-8-20(29)19(27)13-15)22(25(31)26(28)32)24(30)16-3-9-21-14(12-16)10-11-34-21/h2-9,12-13,23,29-30H,10-11H2,1H3/b24-22-. The van der Waals surface area contributed by atoms with E-state index in [1.807, 2.05) is 0 Å². The number of aromatic hydroxyl groups is 1. The van der Waals surface area contributed by atoms with Gasteiger partial charge in [-0.15, -0.1) is 0 Å². The first-order valence-electron chi connectivity index (χ1n) is 10.6. The molecular formula is C26H20ClNO6. The zero-order valence-corrected chi connectivity index (χ0v) is 18.9. The van der Waals surface area contributed by atoms with Crippen molar-refractivity contribution in [3.05, 3.63) is 87.9 Å². The molecule has 0 bridgehead atoms. The van der Waals surface area contributed by atoms with Crippen molar-refractivity contribution in [1.29, 1.82) is 0 Å². The second-order valence-corrected chi connectivity index (χ2v) is 8.41. The van der Waals surface area contributed by atoms with E-state index in [1.165, 1.54) is 24.1 Å². The van der Waals surface area contributed by atoms with Crippen LogP contribution in [0.15, 0.2) is 66.2 Å². The van der Waals surface area contributed by atoms with Crippen molar-refractivity contribution in [3.8, 4) is 17.2 Å². The van der Waals surface area contributed by atoms with Crippen LogP contribution < -0.4 is 14.4 Å². The fourth-order valence-corrected chi connectivity index (χ4v) is 4.53. The van der Waals surface area contributed by atoms with E-state index in [1.54, 1.807) is 48.5 Å². The van der Waals surface area contributed by atoms with Crippen LogP contribution in [0.5, 0.6) is 17.2 Å². The highest BCUT2D eigenvalue weighted by Gasteiger charge is 2.47. The van der Waals surface area contributed by atoms with Gasteiger partial charge < -0.3 is 19.7 Å². The molecule has 2 aliphatic heterocycles. The smallest absolute Gasteiger partial charge is 0.300 e. The SMILES string of the molecule is COc1ccc(N2C(=O)C(=O)/C(=C(\O)c3ccc4c(c3)CCO4)C2c2ccc(O)c(Cl)c2)cc1. The highest BCUT2D eigenvalue weighted by molar-refractivity contribution is 6.51. The molecule has 2 aliphatic rings. The monoisotopic (exact) mass is 477 g/mol. The summed E-state index contributed by atoms with van der Waals surface area (Å²) >= 11 is 6.16. The van der Waals surface area contributed by atoms with E-state index in [2.05, 4.69) is 0 Å². The highest BCUT2D eigenvalue weighted by Crippen LogP contribution is 2.44. The Morgan fingerprint density at radius 1 is 1.09 bits per heavy atom. The highest BCUT2D eigenvalue weighted by atomic mass is 35.5. The Morgan fingerprint density at radius 3 is 2.56 bits per heavy atom. The molecule has 3 aromatic rings. The van der Waals surface area contributed by atoms with Crippen LogP contribution in [0.2, 0.25) is 5.02 Å². The molecule has 34 heavy (non-hydrogen) atoms. The van der Waals surface area contributed by atoms with Crippen LogP contribution in [0.3, 0.4) is 0 Å². The molecule has 7 nitrogen and oxygen atoms in total. The average Bonchev–Trinajstić information content (AvgIpc) is 3.42. The maximum absolute atomic E-state index is 13.3. The average molecular weight is 478 g/mol. The number of hydrogen-bond acceptors (Lipinski definition) is 6. The molecule has 0 saturated carbocycles. The summed E-state index contributed by atoms with van der Waals surface area (Å²) in [6, 6.07) is 15.3. The number of fused-ring (bicyclic) bond motifs is 1. The summed E-state index contributed by atoms with van der Waals surface area (Å²) in [5, 5.41) is 21.2. The Labute approximate surface area is 200 Å². The first-order valence-corrected chi connectivity index (χ1v) is 11.0. The van der Waals surface area contributed by atoms with Crippen LogP contribution in [-0.2, 0) is 16.0 Å². The number of aliphatic hydroxyl groups excluding tert-OH is 1. The Bertz CT molecular complexity index is 1350. The van der Waals surface area contributed by atoms with Crippen LogP contribution >= 0.6 is 11.6 Å². The van der Waals surface area contributed by atoms with Crippen molar-refractivity contribution < 1.29 is 29.3 Å². The molecule has 172 valence electrons. The Kier molecular flexibility index (Phi) is 5.42. The molecule has 0 spiro atoms. The third kappa shape index (κ3) is 3.54. The number of ether oxygens (including phenoxy) is 2. The van der Waals surface area contributed by atoms with Gasteiger partial charge in [0.15, 0.2) is 0 Å². The minimum absolute atomic E-state index is 0.0625. The third-order valence-corrected chi connectivity index (χ3v) is 6.35. The lowest BCUT2D eigenvalue weighted by Crippen LogP contribution is -2.29. The number of phenols is 1. The number of nitrogens with zero attached hydrogens (tertiary/aromatic N) is 1.